The third-order valence-corrected chi connectivity index (χ3v) is 3.83. The number of halogens is 1. The maximum Gasteiger partial charge on any atom is 0.322 e. The predicted octanol–water partition coefficient (Wildman–Crippen LogP) is 1.56. The number of aromatic nitrogens is 2. The molecule has 1 aliphatic rings. The van der Waals surface area contributed by atoms with Gasteiger partial charge in [-0.25, -0.2) is 9.18 Å². The minimum atomic E-state index is -0.530. The number of piperazine rings is 1. The Morgan fingerprint density at radius 2 is 2.17 bits per heavy atom. The lowest BCUT2D eigenvalue weighted by Gasteiger charge is -2.35. The number of amides is 3. The molecule has 0 spiro atoms. The number of nitrogens with one attached hydrogen (secondary N) is 2. The second kappa shape index (κ2) is 7.12. The molecule has 0 radical (unpaired) electrons. The normalized spacial score (nSPS) is 17.5. The zero-order valence-corrected chi connectivity index (χ0v) is 13.0. The average molecular weight is 331 g/mol. The number of hydrogen-bond acceptors (Lipinski definition) is 3. The van der Waals surface area contributed by atoms with Gasteiger partial charge < -0.3 is 15.5 Å². The summed E-state index contributed by atoms with van der Waals surface area (Å²) in [5.41, 5.74) is 1.41. The molecular weight excluding hydrogens is 313 g/mol. The third kappa shape index (κ3) is 3.53. The Kier molecular flexibility index (Phi) is 4.74. The number of alkyl halides is 1. The largest absolute Gasteiger partial charge is 0.352 e. The number of rotatable bonds is 4. The summed E-state index contributed by atoms with van der Waals surface area (Å²) in [6, 6.07) is 8.88. The second-order valence-corrected chi connectivity index (χ2v) is 5.47. The topological polar surface area (TPSA) is 79.3 Å². The highest BCUT2D eigenvalue weighted by molar-refractivity contribution is 5.93. The fourth-order valence-electron chi connectivity index (χ4n) is 2.66. The molecule has 2 heterocycles. The van der Waals surface area contributed by atoms with Gasteiger partial charge in [0.25, 0.3) is 0 Å². The summed E-state index contributed by atoms with van der Waals surface area (Å²) in [4.78, 5) is 25.8. The van der Waals surface area contributed by atoms with Crippen LogP contribution in [-0.2, 0) is 11.3 Å². The van der Waals surface area contributed by atoms with E-state index < -0.39 is 12.7 Å². The Morgan fingerprint density at radius 1 is 1.38 bits per heavy atom. The minimum absolute atomic E-state index is 0.0238. The number of aryl methyl sites for hydroxylation is 1. The van der Waals surface area contributed by atoms with E-state index >= 15 is 0 Å². The van der Waals surface area contributed by atoms with Crippen molar-refractivity contribution in [1.82, 2.24) is 20.0 Å². The molecule has 2 aromatic rings. The van der Waals surface area contributed by atoms with Gasteiger partial charge in [-0.05, 0) is 5.56 Å². The summed E-state index contributed by atoms with van der Waals surface area (Å²) in [5.74, 6) is -0.203. The van der Waals surface area contributed by atoms with Crippen LogP contribution in [0.15, 0.2) is 42.7 Å². The smallest absolute Gasteiger partial charge is 0.322 e. The first kappa shape index (κ1) is 16.0. The van der Waals surface area contributed by atoms with Crippen LogP contribution >= 0.6 is 0 Å². The number of benzene rings is 1. The lowest BCUT2D eigenvalue weighted by Crippen LogP contribution is -2.53. The molecule has 126 valence electrons. The second-order valence-electron chi connectivity index (χ2n) is 5.47. The van der Waals surface area contributed by atoms with Crippen molar-refractivity contribution in [1.29, 1.82) is 0 Å². The molecule has 3 rings (SSSR count). The predicted molar refractivity (Wildman–Crippen MR) is 86.1 cm³/mol. The van der Waals surface area contributed by atoms with Crippen LogP contribution in [0.25, 0.3) is 0 Å². The Hall–Kier alpha value is -2.90. The van der Waals surface area contributed by atoms with E-state index in [-0.39, 0.29) is 25.0 Å². The van der Waals surface area contributed by atoms with Gasteiger partial charge >= 0.3 is 6.03 Å². The molecule has 3 amide bonds. The van der Waals surface area contributed by atoms with E-state index in [0.29, 0.717) is 12.2 Å². The number of urea groups is 1. The maximum atomic E-state index is 12.6. The van der Waals surface area contributed by atoms with Crippen molar-refractivity contribution in [2.24, 2.45) is 0 Å². The standard InChI is InChI=1S/C16H18FN5O2/c17-6-7-21-10-13(8-19-21)20-16(24)22-11-15(23)18-9-14(22)12-4-2-1-3-5-12/h1-5,8,10,14H,6-7,9,11H2,(H,18,23)(H,20,24). The van der Waals surface area contributed by atoms with Gasteiger partial charge in [0.05, 0.1) is 24.5 Å². The summed E-state index contributed by atoms with van der Waals surface area (Å²) in [6.07, 6.45) is 3.01. The first-order chi connectivity index (χ1) is 11.7. The van der Waals surface area contributed by atoms with Gasteiger partial charge in [-0.2, -0.15) is 5.10 Å². The summed E-state index contributed by atoms with van der Waals surface area (Å²) >= 11 is 0. The van der Waals surface area contributed by atoms with Crippen LogP contribution in [0, 0.1) is 0 Å². The highest BCUT2D eigenvalue weighted by Crippen LogP contribution is 2.23. The van der Waals surface area contributed by atoms with Gasteiger partial charge in [-0.1, -0.05) is 30.3 Å². The van der Waals surface area contributed by atoms with E-state index in [0.717, 1.165) is 5.56 Å². The lowest BCUT2D eigenvalue weighted by molar-refractivity contribution is -0.124. The summed E-state index contributed by atoms with van der Waals surface area (Å²) in [5, 5.41) is 9.45. The molecule has 1 aromatic carbocycles. The van der Waals surface area contributed by atoms with Crippen LogP contribution in [0.2, 0.25) is 0 Å². The SMILES string of the molecule is O=C1CN(C(=O)Nc2cnn(CCF)c2)C(c2ccccc2)CN1. The monoisotopic (exact) mass is 331 g/mol. The molecule has 2 N–H and O–H groups in total. The quantitative estimate of drug-likeness (QED) is 0.892. The van der Waals surface area contributed by atoms with Gasteiger partial charge in [-0.15, -0.1) is 0 Å². The molecule has 1 atom stereocenters. The highest BCUT2D eigenvalue weighted by atomic mass is 19.1. The summed E-state index contributed by atoms with van der Waals surface area (Å²) in [7, 11) is 0. The zero-order valence-electron chi connectivity index (χ0n) is 13.0. The van der Waals surface area contributed by atoms with E-state index in [1.165, 1.54) is 15.8 Å². The van der Waals surface area contributed by atoms with Crippen molar-refractivity contribution < 1.29 is 14.0 Å². The zero-order chi connectivity index (χ0) is 16.9. The molecule has 1 aliphatic heterocycles. The van der Waals surface area contributed by atoms with Crippen LogP contribution in [0.1, 0.15) is 11.6 Å². The molecular formula is C16H18FN5O2. The third-order valence-electron chi connectivity index (χ3n) is 3.83. The van der Waals surface area contributed by atoms with Crippen molar-refractivity contribution in [3.63, 3.8) is 0 Å². The van der Waals surface area contributed by atoms with Crippen molar-refractivity contribution in [2.75, 3.05) is 25.1 Å². The van der Waals surface area contributed by atoms with E-state index in [1.54, 1.807) is 6.20 Å². The molecule has 0 saturated carbocycles. The fourth-order valence-corrected chi connectivity index (χ4v) is 2.66. The first-order valence-electron chi connectivity index (χ1n) is 7.65. The Morgan fingerprint density at radius 3 is 2.92 bits per heavy atom. The fraction of sp³-hybridized carbons (Fsp3) is 0.312. The summed E-state index contributed by atoms with van der Waals surface area (Å²) < 4.78 is 13.7. The number of nitrogens with zero attached hydrogens (tertiary/aromatic N) is 3. The van der Waals surface area contributed by atoms with E-state index in [9.17, 15) is 14.0 Å². The molecule has 1 fully saturated rings. The number of carbonyl (C=O) groups is 2. The van der Waals surface area contributed by atoms with Crippen LogP contribution < -0.4 is 10.6 Å². The van der Waals surface area contributed by atoms with Gasteiger partial charge in [0, 0.05) is 12.7 Å². The lowest BCUT2D eigenvalue weighted by atomic mass is 10.0. The molecule has 8 heteroatoms. The van der Waals surface area contributed by atoms with E-state index in [1.807, 2.05) is 30.3 Å². The summed E-state index contributed by atoms with van der Waals surface area (Å²) in [6.45, 7) is -0.0620. The van der Waals surface area contributed by atoms with Gasteiger partial charge in [-0.3, -0.25) is 9.48 Å². The number of carbonyl (C=O) groups excluding carboxylic acids is 2. The van der Waals surface area contributed by atoms with Crippen LogP contribution in [-0.4, -0.2) is 46.4 Å². The van der Waals surface area contributed by atoms with Crippen LogP contribution in [0.5, 0.6) is 0 Å². The first-order valence-corrected chi connectivity index (χ1v) is 7.65. The van der Waals surface area contributed by atoms with Gasteiger partial charge in [0.1, 0.15) is 13.2 Å². The molecule has 24 heavy (non-hydrogen) atoms. The minimum Gasteiger partial charge on any atom is -0.352 e. The Balaban J connectivity index is 1.75. The maximum absolute atomic E-state index is 12.6. The number of hydrogen-bond donors (Lipinski definition) is 2. The Labute approximate surface area is 138 Å². The Bertz CT molecular complexity index is 718. The number of anilines is 1. The molecule has 0 aliphatic carbocycles. The van der Waals surface area contributed by atoms with Crippen molar-refractivity contribution in [2.45, 2.75) is 12.6 Å². The van der Waals surface area contributed by atoms with Crippen molar-refractivity contribution >= 4 is 17.6 Å². The highest BCUT2D eigenvalue weighted by Gasteiger charge is 2.31. The van der Waals surface area contributed by atoms with Gasteiger partial charge in [0.15, 0.2) is 0 Å². The van der Waals surface area contributed by atoms with E-state index in [4.69, 9.17) is 0 Å². The van der Waals surface area contributed by atoms with Crippen molar-refractivity contribution in [3.8, 4) is 0 Å². The molecule has 1 saturated heterocycles. The van der Waals surface area contributed by atoms with E-state index in [2.05, 4.69) is 15.7 Å². The molecule has 7 nitrogen and oxygen atoms in total. The molecule has 1 unspecified atom stereocenters. The van der Waals surface area contributed by atoms with Crippen LogP contribution in [0.3, 0.4) is 0 Å². The average Bonchev–Trinajstić information content (AvgIpc) is 3.03. The van der Waals surface area contributed by atoms with Crippen molar-refractivity contribution in [3.05, 3.63) is 48.3 Å². The molecule has 1 aromatic heterocycles. The van der Waals surface area contributed by atoms with Crippen LogP contribution in [0.4, 0.5) is 14.9 Å². The molecule has 0 bridgehead atoms. The van der Waals surface area contributed by atoms with Gasteiger partial charge in [0.2, 0.25) is 5.91 Å².